The standard InChI is InChI=1S/C20H23NO5S/c1-14-3-5-16(6-4-14)20-12-21(15(2)13-26-20)27(22,23)17-7-8-18-19(11-17)25-10-9-24-18/h3-8,11,15,20H,9-10,12-13H2,1-2H3. The molecule has 0 spiro atoms. The fourth-order valence-electron chi connectivity index (χ4n) is 3.37. The number of rotatable bonds is 3. The molecule has 2 aromatic rings. The van der Waals surface area contributed by atoms with Gasteiger partial charge in [-0.05, 0) is 31.5 Å². The highest BCUT2D eigenvalue weighted by atomic mass is 32.2. The topological polar surface area (TPSA) is 65.1 Å². The van der Waals surface area contributed by atoms with Gasteiger partial charge in [0.25, 0.3) is 0 Å². The molecule has 2 atom stereocenters. The molecule has 144 valence electrons. The molecule has 0 bridgehead atoms. The van der Waals surface area contributed by atoms with Gasteiger partial charge >= 0.3 is 0 Å². The molecule has 0 radical (unpaired) electrons. The number of sulfonamides is 1. The third kappa shape index (κ3) is 3.54. The van der Waals surface area contributed by atoms with Crippen LogP contribution in [0, 0.1) is 6.92 Å². The summed E-state index contributed by atoms with van der Waals surface area (Å²) in [5.41, 5.74) is 2.14. The van der Waals surface area contributed by atoms with Crippen LogP contribution in [0.3, 0.4) is 0 Å². The third-order valence-corrected chi connectivity index (χ3v) is 6.92. The second-order valence-electron chi connectivity index (χ2n) is 6.96. The Balaban J connectivity index is 1.62. The van der Waals surface area contributed by atoms with Crippen molar-refractivity contribution in [3.05, 3.63) is 53.6 Å². The van der Waals surface area contributed by atoms with E-state index in [9.17, 15) is 8.42 Å². The fraction of sp³-hybridized carbons (Fsp3) is 0.400. The zero-order chi connectivity index (χ0) is 19.0. The van der Waals surface area contributed by atoms with Gasteiger partial charge in [-0.15, -0.1) is 0 Å². The Kier molecular flexibility index (Phi) is 4.84. The van der Waals surface area contributed by atoms with Crippen molar-refractivity contribution in [3.8, 4) is 11.5 Å². The average molecular weight is 389 g/mol. The summed E-state index contributed by atoms with van der Waals surface area (Å²) in [6.45, 7) is 5.40. The number of hydrogen-bond acceptors (Lipinski definition) is 5. The highest BCUT2D eigenvalue weighted by molar-refractivity contribution is 7.89. The molecule has 0 saturated carbocycles. The maximum atomic E-state index is 13.3. The first kappa shape index (κ1) is 18.3. The molecular weight excluding hydrogens is 366 g/mol. The summed E-state index contributed by atoms with van der Waals surface area (Å²) in [7, 11) is -3.68. The lowest BCUT2D eigenvalue weighted by atomic mass is 10.1. The Bertz CT molecular complexity index is 926. The molecule has 1 saturated heterocycles. The smallest absolute Gasteiger partial charge is 0.243 e. The Morgan fingerprint density at radius 3 is 2.44 bits per heavy atom. The van der Waals surface area contributed by atoms with Crippen LogP contribution < -0.4 is 9.47 Å². The van der Waals surface area contributed by atoms with Crippen LogP contribution >= 0.6 is 0 Å². The van der Waals surface area contributed by atoms with E-state index in [1.165, 1.54) is 4.31 Å². The molecule has 0 amide bonds. The van der Waals surface area contributed by atoms with Gasteiger partial charge in [-0.3, -0.25) is 0 Å². The van der Waals surface area contributed by atoms with Crippen molar-refractivity contribution in [1.29, 1.82) is 0 Å². The van der Waals surface area contributed by atoms with Crippen molar-refractivity contribution >= 4 is 10.0 Å². The van der Waals surface area contributed by atoms with Crippen molar-refractivity contribution in [2.24, 2.45) is 0 Å². The van der Waals surface area contributed by atoms with E-state index in [1.807, 2.05) is 38.1 Å². The zero-order valence-corrected chi connectivity index (χ0v) is 16.2. The lowest BCUT2D eigenvalue weighted by Gasteiger charge is -2.37. The predicted molar refractivity (Wildman–Crippen MR) is 101 cm³/mol. The molecule has 2 heterocycles. The Labute approximate surface area is 159 Å². The first-order chi connectivity index (χ1) is 12.9. The average Bonchev–Trinajstić information content (AvgIpc) is 2.68. The highest BCUT2D eigenvalue weighted by Crippen LogP contribution is 2.35. The van der Waals surface area contributed by atoms with Crippen LogP contribution in [0.4, 0.5) is 0 Å². The van der Waals surface area contributed by atoms with Crippen LogP contribution in [-0.4, -0.2) is 45.1 Å². The molecule has 0 aliphatic carbocycles. The van der Waals surface area contributed by atoms with Gasteiger partial charge in [-0.1, -0.05) is 29.8 Å². The lowest BCUT2D eigenvalue weighted by Crippen LogP contribution is -2.48. The van der Waals surface area contributed by atoms with E-state index < -0.39 is 10.0 Å². The van der Waals surface area contributed by atoms with E-state index in [0.717, 1.165) is 11.1 Å². The maximum absolute atomic E-state index is 13.3. The minimum Gasteiger partial charge on any atom is -0.486 e. The Morgan fingerprint density at radius 2 is 1.70 bits per heavy atom. The summed E-state index contributed by atoms with van der Waals surface area (Å²) in [6, 6.07) is 12.5. The van der Waals surface area contributed by atoms with Crippen LogP contribution in [0.25, 0.3) is 0 Å². The minimum absolute atomic E-state index is 0.211. The number of nitrogens with zero attached hydrogens (tertiary/aromatic N) is 1. The van der Waals surface area contributed by atoms with E-state index in [-0.39, 0.29) is 23.6 Å². The number of benzene rings is 2. The number of fused-ring (bicyclic) bond motifs is 1. The van der Waals surface area contributed by atoms with Gasteiger partial charge in [-0.25, -0.2) is 8.42 Å². The van der Waals surface area contributed by atoms with Crippen LogP contribution in [-0.2, 0) is 14.8 Å². The first-order valence-corrected chi connectivity index (χ1v) is 10.5. The zero-order valence-electron chi connectivity index (χ0n) is 15.4. The number of morpholine rings is 1. The van der Waals surface area contributed by atoms with Gasteiger partial charge < -0.3 is 14.2 Å². The summed E-state index contributed by atoms with van der Waals surface area (Å²) >= 11 is 0. The summed E-state index contributed by atoms with van der Waals surface area (Å²) in [6.07, 6.45) is -0.284. The van der Waals surface area contributed by atoms with Crippen molar-refractivity contribution in [1.82, 2.24) is 4.31 Å². The molecule has 27 heavy (non-hydrogen) atoms. The van der Waals surface area contributed by atoms with Crippen molar-refractivity contribution in [3.63, 3.8) is 0 Å². The van der Waals surface area contributed by atoms with E-state index in [1.54, 1.807) is 18.2 Å². The quantitative estimate of drug-likeness (QED) is 0.808. The van der Waals surface area contributed by atoms with Gasteiger partial charge in [0, 0.05) is 18.7 Å². The van der Waals surface area contributed by atoms with Gasteiger partial charge in [0.15, 0.2) is 11.5 Å². The van der Waals surface area contributed by atoms with E-state index in [4.69, 9.17) is 14.2 Å². The SMILES string of the molecule is Cc1ccc(C2CN(S(=O)(=O)c3ccc4c(c3)OCCO4)C(C)CO2)cc1. The molecular formula is C20H23NO5S. The molecule has 7 heteroatoms. The van der Waals surface area contributed by atoms with E-state index >= 15 is 0 Å². The van der Waals surface area contributed by atoms with E-state index in [2.05, 4.69) is 0 Å². The molecule has 1 fully saturated rings. The molecule has 2 aliphatic rings. The van der Waals surface area contributed by atoms with Crippen molar-refractivity contribution in [2.45, 2.75) is 30.9 Å². The minimum atomic E-state index is -3.68. The highest BCUT2D eigenvalue weighted by Gasteiger charge is 2.36. The molecule has 0 N–H and O–H groups in total. The molecule has 2 aromatic carbocycles. The Hall–Kier alpha value is -2.09. The summed E-state index contributed by atoms with van der Waals surface area (Å²) in [4.78, 5) is 0.211. The van der Waals surface area contributed by atoms with Crippen LogP contribution in [0.1, 0.15) is 24.2 Å². The third-order valence-electron chi connectivity index (χ3n) is 4.95. The van der Waals surface area contributed by atoms with Gasteiger partial charge in [0.2, 0.25) is 10.0 Å². The summed E-state index contributed by atoms with van der Waals surface area (Å²) < 4.78 is 45.0. The van der Waals surface area contributed by atoms with Gasteiger partial charge in [0.05, 0.1) is 17.6 Å². The van der Waals surface area contributed by atoms with Crippen LogP contribution in [0.2, 0.25) is 0 Å². The lowest BCUT2D eigenvalue weighted by molar-refractivity contribution is -0.0288. The largest absolute Gasteiger partial charge is 0.486 e. The predicted octanol–water partition coefficient (Wildman–Crippen LogP) is 2.92. The van der Waals surface area contributed by atoms with Gasteiger partial charge in [-0.2, -0.15) is 4.31 Å². The molecule has 2 unspecified atom stereocenters. The van der Waals surface area contributed by atoms with E-state index in [0.29, 0.717) is 31.3 Å². The molecule has 4 rings (SSSR count). The molecule has 0 aromatic heterocycles. The normalized spacial score (nSPS) is 23.2. The first-order valence-electron chi connectivity index (χ1n) is 9.05. The van der Waals surface area contributed by atoms with Crippen molar-refractivity contribution in [2.75, 3.05) is 26.4 Å². The van der Waals surface area contributed by atoms with Crippen molar-refractivity contribution < 1.29 is 22.6 Å². The second-order valence-corrected chi connectivity index (χ2v) is 8.85. The number of ether oxygens (including phenoxy) is 3. The second kappa shape index (κ2) is 7.14. The summed E-state index contributed by atoms with van der Waals surface area (Å²) in [5.74, 6) is 1.05. The monoisotopic (exact) mass is 389 g/mol. The summed E-state index contributed by atoms with van der Waals surface area (Å²) in [5, 5.41) is 0. The van der Waals surface area contributed by atoms with Gasteiger partial charge in [0.1, 0.15) is 13.2 Å². The Morgan fingerprint density at radius 1 is 1.00 bits per heavy atom. The molecule has 6 nitrogen and oxygen atoms in total. The van der Waals surface area contributed by atoms with Crippen LogP contribution in [0.5, 0.6) is 11.5 Å². The van der Waals surface area contributed by atoms with Crippen LogP contribution in [0.15, 0.2) is 47.4 Å². The molecule has 2 aliphatic heterocycles. The number of hydrogen-bond donors (Lipinski definition) is 0. The fourth-order valence-corrected chi connectivity index (χ4v) is 5.00. The maximum Gasteiger partial charge on any atom is 0.243 e. The number of aryl methyl sites for hydroxylation is 1.